The minimum absolute atomic E-state index is 0.191. The van der Waals surface area contributed by atoms with Crippen molar-refractivity contribution >= 4 is 12.6 Å². The number of aliphatic hydroxyl groups excluding tert-OH is 2. The van der Waals surface area contributed by atoms with Gasteiger partial charge in [-0.05, 0) is 24.6 Å². The molecule has 2 unspecified atom stereocenters. The first-order valence-corrected chi connectivity index (χ1v) is 6.05. The Morgan fingerprint density at radius 3 is 2.53 bits per heavy atom. The Balaban J connectivity index is 2.96. The van der Waals surface area contributed by atoms with E-state index in [1.54, 1.807) is 18.2 Å². The molecule has 0 aromatic heterocycles. The quantitative estimate of drug-likeness (QED) is 0.675. The van der Waals surface area contributed by atoms with E-state index in [4.69, 9.17) is 9.47 Å². The molecule has 0 amide bonds. The van der Waals surface area contributed by atoms with Crippen LogP contribution in [0, 0.1) is 0 Å². The van der Waals surface area contributed by atoms with Crippen molar-refractivity contribution < 1.29 is 19.7 Å². The van der Waals surface area contributed by atoms with Crippen LogP contribution in [0.2, 0.25) is 0 Å². The van der Waals surface area contributed by atoms with Gasteiger partial charge in [0, 0.05) is 5.75 Å². The van der Waals surface area contributed by atoms with Crippen LogP contribution in [-0.2, 0) is 0 Å². The maximum absolute atomic E-state index is 9.83. The third kappa shape index (κ3) is 3.52. The molecule has 0 radical (unpaired) electrons. The zero-order valence-electron chi connectivity index (χ0n) is 9.96. The van der Waals surface area contributed by atoms with Crippen molar-refractivity contribution in [3.8, 4) is 11.5 Å². The van der Waals surface area contributed by atoms with Gasteiger partial charge >= 0.3 is 0 Å². The molecule has 1 aromatic rings. The Morgan fingerprint density at radius 2 is 2.00 bits per heavy atom. The van der Waals surface area contributed by atoms with E-state index in [9.17, 15) is 10.2 Å². The fourth-order valence-electron chi connectivity index (χ4n) is 1.46. The van der Waals surface area contributed by atoms with E-state index in [0.717, 1.165) is 0 Å². The fourth-order valence-corrected chi connectivity index (χ4v) is 1.66. The van der Waals surface area contributed by atoms with E-state index in [1.807, 2.05) is 6.92 Å². The third-order valence-corrected chi connectivity index (χ3v) is 2.75. The van der Waals surface area contributed by atoms with Crippen LogP contribution in [0.25, 0.3) is 0 Å². The van der Waals surface area contributed by atoms with E-state index in [2.05, 4.69) is 12.6 Å². The van der Waals surface area contributed by atoms with Crippen molar-refractivity contribution in [2.45, 2.75) is 19.1 Å². The molecule has 0 aliphatic rings. The predicted molar refractivity (Wildman–Crippen MR) is 69.0 cm³/mol. The number of methoxy groups -OCH3 is 1. The van der Waals surface area contributed by atoms with Crippen molar-refractivity contribution in [1.82, 2.24) is 0 Å². The molecule has 1 aromatic carbocycles. The molecule has 96 valence electrons. The first-order chi connectivity index (χ1) is 8.13. The molecule has 0 spiro atoms. The molecular weight excluding hydrogens is 240 g/mol. The number of hydrogen-bond acceptors (Lipinski definition) is 5. The normalized spacial score (nSPS) is 14.2. The van der Waals surface area contributed by atoms with Gasteiger partial charge in [0.25, 0.3) is 0 Å². The molecule has 17 heavy (non-hydrogen) atoms. The maximum atomic E-state index is 9.83. The molecule has 0 saturated carbocycles. The van der Waals surface area contributed by atoms with Crippen LogP contribution in [0.5, 0.6) is 11.5 Å². The van der Waals surface area contributed by atoms with Crippen LogP contribution < -0.4 is 9.47 Å². The molecule has 0 bridgehead atoms. The summed E-state index contributed by atoms with van der Waals surface area (Å²) >= 11 is 3.94. The summed E-state index contributed by atoms with van der Waals surface area (Å²) in [4.78, 5) is 0. The molecule has 2 N–H and O–H groups in total. The highest BCUT2D eigenvalue weighted by Crippen LogP contribution is 2.31. The first kappa shape index (κ1) is 14.2. The molecule has 0 saturated heterocycles. The van der Waals surface area contributed by atoms with Gasteiger partial charge in [0.1, 0.15) is 6.10 Å². The molecule has 0 heterocycles. The van der Waals surface area contributed by atoms with Crippen molar-refractivity contribution in [1.29, 1.82) is 0 Å². The van der Waals surface area contributed by atoms with Crippen LogP contribution in [0.1, 0.15) is 18.6 Å². The van der Waals surface area contributed by atoms with Gasteiger partial charge in [0.15, 0.2) is 11.5 Å². The summed E-state index contributed by atoms with van der Waals surface area (Å²) in [6.07, 6.45) is -1.88. The van der Waals surface area contributed by atoms with Crippen molar-refractivity contribution in [3.63, 3.8) is 0 Å². The van der Waals surface area contributed by atoms with E-state index < -0.39 is 12.2 Å². The monoisotopic (exact) mass is 258 g/mol. The molecule has 0 aliphatic heterocycles. The molecule has 2 atom stereocenters. The summed E-state index contributed by atoms with van der Waals surface area (Å²) in [6.45, 7) is 2.42. The molecule has 0 fully saturated rings. The lowest BCUT2D eigenvalue weighted by Gasteiger charge is -2.18. The van der Waals surface area contributed by atoms with Gasteiger partial charge in [-0.25, -0.2) is 0 Å². The largest absolute Gasteiger partial charge is 0.493 e. The van der Waals surface area contributed by atoms with Gasteiger partial charge in [-0.3, -0.25) is 0 Å². The van der Waals surface area contributed by atoms with Gasteiger partial charge in [0.05, 0.1) is 19.8 Å². The Hall–Kier alpha value is -0.910. The van der Waals surface area contributed by atoms with Crippen LogP contribution in [0.3, 0.4) is 0 Å². The van der Waals surface area contributed by atoms with Gasteiger partial charge in [-0.15, -0.1) is 0 Å². The minimum Gasteiger partial charge on any atom is -0.493 e. The lowest BCUT2D eigenvalue weighted by Crippen LogP contribution is -2.19. The maximum Gasteiger partial charge on any atom is 0.161 e. The Bertz CT molecular complexity index is 356. The van der Waals surface area contributed by atoms with Crippen molar-refractivity contribution in [3.05, 3.63) is 23.8 Å². The van der Waals surface area contributed by atoms with E-state index in [0.29, 0.717) is 23.7 Å². The van der Waals surface area contributed by atoms with Crippen LogP contribution >= 0.6 is 12.6 Å². The summed E-state index contributed by atoms with van der Waals surface area (Å²) in [5, 5.41) is 19.4. The molecule has 4 nitrogen and oxygen atoms in total. The number of benzene rings is 1. The fraction of sp³-hybridized carbons (Fsp3) is 0.500. The van der Waals surface area contributed by atoms with Crippen molar-refractivity contribution in [2.75, 3.05) is 19.5 Å². The third-order valence-electron chi connectivity index (χ3n) is 2.38. The molecule has 0 aliphatic carbocycles. The SMILES string of the molecule is CCOc1ccc(C(O)C(O)CS)cc1OC. The Morgan fingerprint density at radius 1 is 1.29 bits per heavy atom. The van der Waals surface area contributed by atoms with Crippen LogP contribution in [0.15, 0.2) is 18.2 Å². The topological polar surface area (TPSA) is 58.9 Å². The van der Waals surface area contributed by atoms with Gasteiger partial charge in [0.2, 0.25) is 0 Å². The van der Waals surface area contributed by atoms with Gasteiger partial charge in [-0.2, -0.15) is 12.6 Å². The zero-order chi connectivity index (χ0) is 12.8. The zero-order valence-corrected chi connectivity index (χ0v) is 10.9. The highest BCUT2D eigenvalue weighted by Gasteiger charge is 2.18. The Kier molecular flexibility index (Phi) is 5.61. The highest BCUT2D eigenvalue weighted by atomic mass is 32.1. The van der Waals surface area contributed by atoms with Gasteiger partial charge < -0.3 is 19.7 Å². The average molecular weight is 258 g/mol. The molecular formula is C12H18O4S. The summed E-state index contributed by atoms with van der Waals surface area (Å²) in [6, 6.07) is 5.07. The van der Waals surface area contributed by atoms with Gasteiger partial charge in [-0.1, -0.05) is 6.07 Å². The summed E-state index contributed by atoms with van der Waals surface area (Å²) in [7, 11) is 1.53. The van der Waals surface area contributed by atoms with E-state index in [1.165, 1.54) is 7.11 Å². The average Bonchev–Trinajstić information content (AvgIpc) is 2.37. The lowest BCUT2D eigenvalue weighted by molar-refractivity contribution is 0.0336. The van der Waals surface area contributed by atoms with Crippen LogP contribution in [-0.4, -0.2) is 35.8 Å². The summed E-state index contributed by atoms with van der Waals surface area (Å²) in [5.41, 5.74) is 0.576. The predicted octanol–water partition coefficient (Wildman–Crippen LogP) is 1.42. The second kappa shape index (κ2) is 6.74. The number of aliphatic hydroxyl groups is 2. The smallest absolute Gasteiger partial charge is 0.161 e. The highest BCUT2D eigenvalue weighted by molar-refractivity contribution is 7.80. The number of thiol groups is 1. The van der Waals surface area contributed by atoms with Crippen molar-refractivity contribution in [2.24, 2.45) is 0 Å². The molecule has 5 heteroatoms. The second-order valence-electron chi connectivity index (χ2n) is 3.54. The lowest BCUT2D eigenvalue weighted by atomic mass is 10.0. The number of hydrogen-bond donors (Lipinski definition) is 3. The first-order valence-electron chi connectivity index (χ1n) is 5.41. The summed E-state index contributed by atoms with van der Waals surface area (Å²) in [5.74, 6) is 1.34. The standard InChI is InChI=1S/C12H18O4S/c1-3-16-10-5-4-8(6-11(10)15-2)12(14)9(13)7-17/h4-6,9,12-14,17H,3,7H2,1-2H3. The van der Waals surface area contributed by atoms with Crippen LogP contribution in [0.4, 0.5) is 0 Å². The number of rotatable bonds is 6. The van der Waals surface area contributed by atoms with E-state index in [-0.39, 0.29) is 5.75 Å². The molecule has 1 rings (SSSR count). The second-order valence-corrected chi connectivity index (χ2v) is 3.90. The Labute approximate surface area is 107 Å². The summed E-state index contributed by atoms with van der Waals surface area (Å²) < 4.78 is 10.5. The minimum atomic E-state index is -0.975. The van der Waals surface area contributed by atoms with E-state index >= 15 is 0 Å². The number of ether oxygens (including phenoxy) is 2.